The molecule has 0 aromatic heterocycles. The Morgan fingerprint density at radius 1 is 1.69 bits per heavy atom. The Bertz CT molecular complexity index is 454. The van der Waals surface area contributed by atoms with E-state index in [0.29, 0.717) is 15.2 Å². The Hall–Kier alpha value is -1.05. The SMILES string of the molecule is C[CH]c1cc(Cl)c(Br)c(NC(=O)CC#N)c1. The number of nitrogens with one attached hydrogen (secondary N) is 1. The number of rotatable bonds is 3. The van der Waals surface area contributed by atoms with Gasteiger partial charge in [-0.05, 0) is 40.0 Å². The minimum absolute atomic E-state index is 0.176. The molecule has 0 saturated carbocycles. The van der Waals surface area contributed by atoms with Gasteiger partial charge in [-0.1, -0.05) is 18.5 Å². The van der Waals surface area contributed by atoms with Crippen LogP contribution in [0, 0.1) is 17.8 Å². The lowest BCUT2D eigenvalue weighted by atomic mass is 10.1. The topological polar surface area (TPSA) is 52.9 Å². The van der Waals surface area contributed by atoms with Gasteiger partial charge >= 0.3 is 0 Å². The standard InChI is InChI=1S/C11H9BrClN2O/c1-2-7-5-8(13)11(12)9(6-7)15-10(16)3-4-14/h2,5-6H,3H2,1H3,(H,15,16). The fraction of sp³-hybridized carbons (Fsp3) is 0.182. The van der Waals surface area contributed by atoms with Crippen LogP contribution in [0.15, 0.2) is 16.6 Å². The van der Waals surface area contributed by atoms with Crippen molar-refractivity contribution >= 4 is 39.1 Å². The number of carbonyl (C=O) groups is 1. The zero-order chi connectivity index (χ0) is 12.1. The number of hydrogen-bond acceptors (Lipinski definition) is 2. The fourth-order valence-corrected chi connectivity index (χ4v) is 1.69. The highest BCUT2D eigenvalue weighted by atomic mass is 79.9. The second-order valence-electron chi connectivity index (χ2n) is 3.04. The Balaban J connectivity index is 2.99. The van der Waals surface area contributed by atoms with E-state index in [2.05, 4.69) is 21.2 Å². The molecule has 1 radical (unpaired) electrons. The number of carbonyl (C=O) groups excluding carboxylic acids is 1. The van der Waals surface area contributed by atoms with Crippen LogP contribution < -0.4 is 5.32 Å². The average molecular weight is 301 g/mol. The molecule has 16 heavy (non-hydrogen) atoms. The van der Waals surface area contributed by atoms with Gasteiger partial charge in [0.15, 0.2) is 0 Å². The summed E-state index contributed by atoms with van der Waals surface area (Å²) in [5.41, 5.74) is 1.47. The lowest BCUT2D eigenvalue weighted by molar-refractivity contribution is -0.115. The highest BCUT2D eigenvalue weighted by Gasteiger charge is 2.09. The molecule has 0 bridgehead atoms. The summed E-state index contributed by atoms with van der Waals surface area (Å²) in [6, 6.07) is 5.35. The highest BCUT2D eigenvalue weighted by molar-refractivity contribution is 9.10. The molecule has 0 heterocycles. The first kappa shape index (κ1) is 13.0. The van der Waals surface area contributed by atoms with Crippen molar-refractivity contribution in [2.24, 2.45) is 0 Å². The van der Waals surface area contributed by atoms with E-state index in [0.717, 1.165) is 5.56 Å². The van der Waals surface area contributed by atoms with Gasteiger partial charge in [0.2, 0.25) is 5.91 Å². The molecule has 5 heteroatoms. The Kier molecular flexibility index (Phi) is 4.78. The number of nitriles is 1. The van der Waals surface area contributed by atoms with Crippen LogP contribution in [0.1, 0.15) is 18.9 Å². The van der Waals surface area contributed by atoms with E-state index >= 15 is 0 Å². The van der Waals surface area contributed by atoms with Gasteiger partial charge in [-0.25, -0.2) is 0 Å². The maximum atomic E-state index is 11.3. The van der Waals surface area contributed by atoms with Crippen LogP contribution in [0.25, 0.3) is 0 Å². The number of amides is 1. The normalized spacial score (nSPS) is 9.62. The monoisotopic (exact) mass is 299 g/mol. The molecule has 1 aromatic rings. The summed E-state index contributed by atoms with van der Waals surface area (Å²) in [6.45, 7) is 1.88. The number of anilines is 1. The molecule has 0 atom stereocenters. The van der Waals surface area contributed by atoms with E-state index in [-0.39, 0.29) is 12.3 Å². The van der Waals surface area contributed by atoms with E-state index in [1.165, 1.54) is 0 Å². The van der Waals surface area contributed by atoms with Gasteiger partial charge in [0.1, 0.15) is 6.42 Å². The summed E-state index contributed by atoms with van der Waals surface area (Å²) >= 11 is 9.25. The second kappa shape index (κ2) is 5.88. The minimum atomic E-state index is -0.354. The summed E-state index contributed by atoms with van der Waals surface area (Å²) in [7, 11) is 0. The van der Waals surface area contributed by atoms with Gasteiger partial charge in [-0.3, -0.25) is 4.79 Å². The predicted molar refractivity (Wildman–Crippen MR) is 67.1 cm³/mol. The van der Waals surface area contributed by atoms with Crippen molar-refractivity contribution in [3.63, 3.8) is 0 Å². The van der Waals surface area contributed by atoms with E-state index in [1.807, 2.05) is 13.3 Å². The lowest BCUT2D eigenvalue weighted by Crippen LogP contribution is -2.10. The first-order valence-electron chi connectivity index (χ1n) is 4.53. The predicted octanol–water partition coefficient (Wildman–Crippen LogP) is 3.53. The minimum Gasteiger partial charge on any atom is -0.324 e. The quantitative estimate of drug-likeness (QED) is 0.928. The molecule has 1 amide bonds. The molecule has 0 fully saturated rings. The van der Waals surface area contributed by atoms with Crippen LogP contribution >= 0.6 is 27.5 Å². The molecule has 3 nitrogen and oxygen atoms in total. The molecule has 0 aliphatic heterocycles. The molecule has 1 aromatic carbocycles. The van der Waals surface area contributed by atoms with Crippen molar-refractivity contribution in [1.29, 1.82) is 5.26 Å². The molecule has 0 saturated heterocycles. The molecule has 0 aliphatic carbocycles. The van der Waals surface area contributed by atoms with Crippen molar-refractivity contribution in [2.45, 2.75) is 13.3 Å². The zero-order valence-electron chi connectivity index (χ0n) is 8.55. The lowest BCUT2D eigenvalue weighted by Gasteiger charge is -2.09. The van der Waals surface area contributed by atoms with E-state index in [4.69, 9.17) is 16.9 Å². The fourth-order valence-electron chi connectivity index (χ4n) is 1.13. The van der Waals surface area contributed by atoms with Crippen molar-refractivity contribution in [2.75, 3.05) is 5.32 Å². The van der Waals surface area contributed by atoms with Crippen LogP contribution in [0.5, 0.6) is 0 Å². The third-order valence-electron chi connectivity index (χ3n) is 1.90. The van der Waals surface area contributed by atoms with E-state index < -0.39 is 0 Å². The van der Waals surface area contributed by atoms with Crippen molar-refractivity contribution in [3.05, 3.63) is 33.6 Å². The van der Waals surface area contributed by atoms with Crippen LogP contribution in [0.4, 0.5) is 5.69 Å². The number of nitrogens with zero attached hydrogens (tertiary/aromatic N) is 1. The maximum Gasteiger partial charge on any atom is 0.238 e. The molecular formula is C11H9BrClN2O. The van der Waals surface area contributed by atoms with Gasteiger partial charge in [0, 0.05) is 0 Å². The number of halogens is 2. The van der Waals surface area contributed by atoms with Crippen LogP contribution in [0.2, 0.25) is 5.02 Å². The summed E-state index contributed by atoms with van der Waals surface area (Å²) < 4.78 is 0.617. The molecule has 0 aliphatic rings. The molecule has 1 rings (SSSR count). The highest BCUT2D eigenvalue weighted by Crippen LogP contribution is 2.32. The molecule has 83 valence electrons. The summed E-state index contributed by atoms with van der Waals surface area (Å²) in [5.74, 6) is -0.354. The van der Waals surface area contributed by atoms with E-state index in [9.17, 15) is 4.79 Å². The number of benzene rings is 1. The van der Waals surface area contributed by atoms with Gasteiger partial charge in [-0.15, -0.1) is 0 Å². The van der Waals surface area contributed by atoms with Gasteiger partial charge in [-0.2, -0.15) is 5.26 Å². The third-order valence-corrected chi connectivity index (χ3v) is 3.28. The van der Waals surface area contributed by atoms with Gasteiger partial charge in [0.05, 0.1) is 21.3 Å². The largest absolute Gasteiger partial charge is 0.324 e. The smallest absolute Gasteiger partial charge is 0.238 e. The van der Waals surface area contributed by atoms with Gasteiger partial charge < -0.3 is 5.32 Å². The van der Waals surface area contributed by atoms with Gasteiger partial charge in [0.25, 0.3) is 0 Å². The Labute approximate surface area is 108 Å². The molecule has 0 spiro atoms. The van der Waals surface area contributed by atoms with Crippen molar-refractivity contribution < 1.29 is 4.79 Å². The maximum absolute atomic E-state index is 11.3. The van der Waals surface area contributed by atoms with Crippen LogP contribution in [0.3, 0.4) is 0 Å². The molecule has 1 N–H and O–H groups in total. The van der Waals surface area contributed by atoms with Crippen molar-refractivity contribution in [1.82, 2.24) is 0 Å². The molecular weight excluding hydrogens is 291 g/mol. The first-order chi connectivity index (χ1) is 7.58. The summed E-state index contributed by atoms with van der Waals surface area (Å²) in [5, 5.41) is 11.5. The van der Waals surface area contributed by atoms with E-state index in [1.54, 1.807) is 18.2 Å². The zero-order valence-corrected chi connectivity index (χ0v) is 10.9. The second-order valence-corrected chi connectivity index (χ2v) is 4.24. The summed E-state index contributed by atoms with van der Waals surface area (Å²) in [6.07, 6.45) is 1.70. The van der Waals surface area contributed by atoms with Crippen LogP contribution in [-0.2, 0) is 4.79 Å². The summed E-state index contributed by atoms with van der Waals surface area (Å²) in [4.78, 5) is 11.3. The van der Waals surface area contributed by atoms with Crippen LogP contribution in [-0.4, -0.2) is 5.91 Å². The first-order valence-corrected chi connectivity index (χ1v) is 5.70. The average Bonchev–Trinajstić information content (AvgIpc) is 2.24. The Morgan fingerprint density at radius 2 is 2.38 bits per heavy atom. The van der Waals surface area contributed by atoms with Crippen molar-refractivity contribution in [3.8, 4) is 6.07 Å². The third kappa shape index (κ3) is 3.22. The molecule has 0 unspecified atom stereocenters. The number of hydrogen-bond donors (Lipinski definition) is 1. The Morgan fingerprint density at radius 3 is 2.94 bits per heavy atom.